The summed E-state index contributed by atoms with van der Waals surface area (Å²) in [6.07, 6.45) is 0. The SMILES string of the molecule is C=C(C)CN(C)S(=O)(=O)c1cc(CNCC)cc(Br)c1C. The molecule has 0 aliphatic rings. The quantitative estimate of drug-likeness (QED) is 0.746. The molecule has 0 heterocycles. The Labute approximate surface area is 136 Å². The highest BCUT2D eigenvalue weighted by atomic mass is 79.9. The maximum atomic E-state index is 12.7. The molecule has 1 rings (SSSR count). The number of halogens is 1. The van der Waals surface area contributed by atoms with E-state index in [1.807, 2.05) is 26.8 Å². The maximum Gasteiger partial charge on any atom is 0.243 e. The van der Waals surface area contributed by atoms with Crippen molar-refractivity contribution in [3.8, 4) is 0 Å². The number of hydrogen-bond acceptors (Lipinski definition) is 3. The summed E-state index contributed by atoms with van der Waals surface area (Å²) in [4.78, 5) is 0.341. The van der Waals surface area contributed by atoms with Crippen LogP contribution in [0.3, 0.4) is 0 Å². The molecule has 1 aromatic carbocycles. The van der Waals surface area contributed by atoms with Gasteiger partial charge < -0.3 is 5.32 Å². The van der Waals surface area contributed by atoms with Crippen LogP contribution in [0.2, 0.25) is 0 Å². The van der Waals surface area contributed by atoms with Crippen molar-refractivity contribution in [2.45, 2.75) is 32.2 Å². The molecular weight excluding hydrogens is 352 g/mol. The molecule has 0 spiro atoms. The zero-order chi connectivity index (χ0) is 16.2. The summed E-state index contributed by atoms with van der Waals surface area (Å²) < 4.78 is 27.6. The number of benzene rings is 1. The predicted molar refractivity (Wildman–Crippen MR) is 90.9 cm³/mol. The van der Waals surface area contributed by atoms with Crippen LogP contribution in [0.25, 0.3) is 0 Å². The molecule has 0 unspecified atom stereocenters. The van der Waals surface area contributed by atoms with E-state index in [4.69, 9.17) is 0 Å². The summed E-state index contributed by atoms with van der Waals surface area (Å²) in [5.41, 5.74) is 2.47. The van der Waals surface area contributed by atoms with Gasteiger partial charge in [0.2, 0.25) is 10.0 Å². The monoisotopic (exact) mass is 374 g/mol. The van der Waals surface area contributed by atoms with E-state index in [1.54, 1.807) is 13.1 Å². The average Bonchev–Trinajstić information content (AvgIpc) is 2.38. The first-order valence-electron chi connectivity index (χ1n) is 6.80. The Morgan fingerprint density at radius 3 is 2.57 bits per heavy atom. The van der Waals surface area contributed by atoms with Crippen molar-refractivity contribution in [2.24, 2.45) is 0 Å². The molecule has 21 heavy (non-hydrogen) atoms. The first-order valence-corrected chi connectivity index (χ1v) is 9.04. The molecular formula is C15H23BrN2O2S. The third kappa shape index (κ3) is 4.64. The highest BCUT2D eigenvalue weighted by molar-refractivity contribution is 9.10. The fourth-order valence-electron chi connectivity index (χ4n) is 1.98. The van der Waals surface area contributed by atoms with E-state index in [9.17, 15) is 8.42 Å². The largest absolute Gasteiger partial charge is 0.313 e. The Morgan fingerprint density at radius 1 is 1.43 bits per heavy atom. The van der Waals surface area contributed by atoms with Gasteiger partial charge in [0, 0.05) is 24.6 Å². The van der Waals surface area contributed by atoms with Crippen molar-refractivity contribution in [3.63, 3.8) is 0 Å². The molecule has 0 aliphatic carbocycles. The zero-order valence-corrected chi connectivity index (χ0v) is 15.4. The van der Waals surface area contributed by atoms with Crippen LogP contribution in [0.4, 0.5) is 0 Å². The van der Waals surface area contributed by atoms with Gasteiger partial charge in [-0.2, -0.15) is 4.31 Å². The van der Waals surface area contributed by atoms with Crippen molar-refractivity contribution in [2.75, 3.05) is 20.1 Å². The van der Waals surface area contributed by atoms with E-state index in [2.05, 4.69) is 27.8 Å². The van der Waals surface area contributed by atoms with Gasteiger partial charge >= 0.3 is 0 Å². The fourth-order valence-corrected chi connectivity index (χ4v) is 4.14. The summed E-state index contributed by atoms with van der Waals surface area (Å²) >= 11 is 3.45. The number of hydrogen-bond donors (Lipinski definition) is 1. The van der Waals surface area contributed by atoms with Crippen LogP contribution in [0.5, 0.6) is 0 Å². The smallest absolute Gasteiger partial charge is 0.243 e. The number of nitrogens with one attached hydrogen (secondary N) is 1. The van der Waals surface area contributed by atoms with Crippen LogP contribution in [0.15, 0.2) is 33.7 Å². The van der Waals surface area contributed by atoms with Crippen molar-refractivity contribution in [3.05, 3.63) is 39.9 Å². The van der Waals surface area contributed by atoms with E-state index in [0.29, 0.717) is 18.0 Å². The van der Waals surface area contributed by atoms with E-state index in [1.165, 1.54) is 4.31 Å². The minimum absolute atomic E-state index is 0.316. The van der Waals surface area contributed by atoms with Crippen LogP contribution in [0, 0.1) is 6.92 Å². The minimum Gasteiger partial charge on any atom is -0.313 e. The van der Waals surface area contributed by atoms with Gasteiger partial charge in [0.25, 0.3) is 0 Å². The molecule has 4 nitrogen and oxygen atoms in total. The van der Waals surface area contributed by atoms with Gasteiger partial charge in [-0.25, -0.2) is 8.42 Å². The lowest BCUT2D eigenvalue weighted by Crippen LogP contribution is -2.29. The van der Waals surface area contributed by atoms with Crippen molar-refractivity contribution in [1.29, 1.82) is 0 Å². The average molecular weight is 375 g/mol. The van der Waals surface area contributed by atoms with Gasteiger partial charge in [-0.1, -0.05) is 35.0 Å². The normalized spacial score (nSPS) is 11.9. The summed E-state index contributed by atoms with van der Waals surface area (Å²) in [5.74, 6) is 0. The standard InChI is InChI=1S/C15H23BrN2O2S/c1-6-17-9-13-7-14(16)12(4)15(8-13)21(19,20)18(5)10-11(2)3/h7-8,17H,2,6,9-10H2,1,3-5H3. The van der Waals surface area contributed by atoms with E-state index in [0.717, 1.165) is 27.7 Å². The maximum absolute atomic E-state index is 12.7. The minimum atomic E-state index is -3.52. The van der Waals surface area contributed by atoms with Crippen LogP contribution in [-0.2, 0) is 16.6 Å². The molecule has 6 heteroatoms. The Balaban J connectivity index is 3.27. The van der Waals surface area contributed by atoms with Crippen molar-refractivity contribution in [1.82, 2.24) is 9.62 Å². The fraction of sp³-hybridized carbons (Fsp3) is 0.467. The first kappa shape index (κ1) is 18.4. The van der Waals surface area contributed by atoms with Gasteiger partial charge in [0.05, 0.1) is 4.90 Å². The Hall–Kier alpha value is -0.690. The van der Waals surface area contributed by atoms with Crippen LogP contribution in [0.1, 0.15) is 25.0 Å². The molecule has 118 valence electrons. The summed E-state index contributed by atoms with van der Waals surface area (Å²) in [6.45, 7) is 11.2. The number of likely N-dealkylation sites (N-methyl/N-ethyl adjacent to an activating group) is 1. The third-order valence-electron chi connectivity index (χ3n) is 3.12. The molecule has 0 aliphatic heterocycles. The van der Waals surface area contributed by atoms with Gasteiger partial charge in [-0.3, -0.25) is 0 Å². The second-order valence-electron chi connectivity index (χ2n) is 5.20. The van der Waals surface area contributed by atoms with Gasteiger partial charge in [-0.05, 0) is 43.7 Å². The van der Waals surface area contributed by atoms with E-state index < -0.39 is 10.0 Å². The predicted octanol–water partition coefficient (Wildman–Crippen LogP) is 3.06. The molecule has 0 radical (unpaired) electrons. The molecule has 0 aromatic heterocycles. The molecule has 1 aromatic rings. The topological polar surface area (TPSA) is 49.4 Å². The van der Waals surface area contributed by atoms with Crippen molar-refractivity contribution >= 4 is 26.0 Å². The molecule has 0 bridgehead atoms. The molecule has 0 saturated carbocycles. The van der Waals surface area contributed by atoms with Crippen LogP contribution >= 0.6 is 15.9 Å². The Morgan fingerprint density at radius 2 is 2.05 bits per heavy atom. The van der Waals surface area contributed by atoms with Crippen LogP contribution < -0.4 is 5.32 Å². The summed E-state index contributed by atoms with van der Waals surface area (Å²) in [7, 11) is -1.94. The lowest BCUT2D eigenvalue weighted by atomic mass is 10.1. The van der Waals surface area contributed by atoms with Gasteiger partial charge in [0.15, 0.2) is 0 Å². The van der Waals surface area contributed by atoms with E-state index >= 15 is 0 Å². The second-order valence-corrected chi connectivity index (χ2v) is 8.07. The van der Waals surface area contributed by atoms with E-state index in [-0.39, 0.29) is 0 Å². The van der Waals surface area contributed by atoms with Crippen LogP contribution in [-0.4, -0.2) is 32.9 Å². The second kappa shape index (κ2) is 7.54. The number of nitrogens with zero attached hydrogens (tertiary/aromatic N) is 1. The summed E-state index contributed by atoms with van der Waals surface area (Å²) in [6, 6.07) is 3.70. The highest BCUT2D eigenvalue weighted by Gasteiger charge is 2.24. The van der Waals surface area contributed by atoms with Crippen molar-refractivity contribution < 1.29 is 8.42 Å². The van der Waals surface area contributed by atoms with Gasteiger partial charge in [0.1, 0.15) is 0 Å². The zero-order valence-electron chi connectivity index (χ0n) is 13.0. The Kier molecular flexibility index (Phi) is 6.59. The molecule has 0 atom stereocenters. The molecule has 0 saturated heterocycles. The first-order chi connectivity index (χ1) is 9.70. The van der Waals surface area contributed by atoms with Gasteiger partial charge in [-0.15, -0.1) is 0 Å². The molecule has 0 amide bonds. The number of sulfonamides is 1. The summed E-state index contributed by atoms with van der Waals surface area (Å²) in [5, 5.41) is 3.21. The highest BCUT2D eigenvalue weighted by Crippen LogP contribution is 2.28. The molecule has 1 N–H and O–H groups in total. The Bertz CT molecular complexity index is 627. The lowest BCUT2D eigenvalue weighted by molar-refractivity contribution is 0.492. The number of rotatable bonds is 7. The third-order valence-corrected chi connectivity index (χ3v) is 5.87. The lowest BCUT2D eigenvalue weighted by Gasteiger charge is -2.20. The molecule has 0 fully saturated rings.